The van der Waals surface area contributed by atoms with Crippen LogP contribution in [0.4, 0.5) is 0 Å². The van der Waals surface area contributed by atoms with Crippen molar-refractivity contribution in [1.82, 2.24) is 0 Å². The molecule has 0 unspecified atom stereocenters. The number of rotatable bonds is 11. The lowest BCUT2D eigenvalue weighted by molar-refractivity contribution is -0.380. The molecule has 72 heavy (non-hydrogen) atoms. The van der Waals surface area contributed by atoms with E-state index in [1.165, 1.54) is 0 Å². The molecule has 412 valence electrons. The monoisotopic (exact) mass is 1030 g/mol. The molecule has 0 aromatic rings. The molecule has 11 N–H and O–H groups in total. The van der Waals surface area contributed by atoms with E-state index in [1.54, 1.807) is 0 Å². The van der Waals surface area contributed by atoms with Crippen LogP contribution in [0.2, 0.25) is 0 Å². The zero-order chi connectivity index (χ0) is 51.8. The Morgan fingerprint density at radius 2 is 1.24 bits per heavy atom. The molecule has 6 heterocycles. The van der Waals surface area contributed by atoms with E-state index < -0.39 is 141 Å². The Bertz CT molecular complexity index is 1970. The predicted octanol–water partition coefficient (Wildman–Crippen LogP) is -0.931. The highest BCUT2D eigenvalue weighted by atomic mass is 16.8. The summed E-state index contributed by atoms with van der Waals surface area (Å²) in [5, 5.41) is 117. The number of ether oxygens (including phenoxy) is 10. The second-order valence-electron chi connectivity index (χ2n) is 24.8. The minimum atomic E-state index is -1.82. The predicted molar refractivity (Wildman–Crippen MR) is 245 cm³/mol. The molecule has 0 aromatic heterocycles. The average Bonchev–Trinajstić information content (AvgIpc) is 3.94. The summed E-state index contributed by atoms with van der Waals surface area (Å²) in [5.41, 5.74) is -0.901. The van der Waals surface area contributed by atoms with Crippen LogP contribution in [-0.2, 0) is 47.4 Å². The molecule has 4 saturated carbocycles. The summed E-state index contributed by atoms with van der Waals surface area (Å²) in [6, 6.07) is 0. The van der Waals surface area contributed by atoms with Crippen molar-refractivity contribution in [3.63, 3.8) is 0 Å². The van der Waals surface area contributed by atoms with E-state index in [1.807, 2.05) is 13.8 Å². The fourth-order valence-electron chi connectivity index (χ4n) is 16.9. The van der Waals surface area contributed by atoms with Crippen LogP contribution in [0.3, 0.4) is 0 Å². The first-order valence-corrected chi connectivity index (χ1v) is 26.4. The first-order chi connectivity index (χ1) is 33.9. The summed E-state index contributed by atoms with van der Waals surface area (Å²) in [4.78, 5) is 0. The van der Waals surface area contributed by atoms with Crippen LogP contribution in [0.15, 0.2) is 11.6 Å². The van der Waals surface area contributed by atoms with Gasteiger partial charge >= 0.3 is 0 Å². The van der Waals surface area contributed by atoms with Gasteiger partial charge < -0.3 is 104 Å². The summed E-state index contributed by atoms with van der Waals surface area (Å²) in [7, 11) is 0. The second kappa shape index (κ2) is 19.4. The number of allylic oxidation sites excluding steroid dienone is 1. The molecule has 0 amide bonds. The fourth-order valence-corrected chi connectivity index (χ4v) is 16.9. The molecule has 0 aromatic carbocycles. The summed E-state index contributed by atoms with van der Waals surface area (Å²) in [6.45, 7) is 14.2. The van der Waals surface area contributed by atoms with Crippen molar-refractivity contribution < 1.29 is 104 Å². The van der Waals surface area contributed by atoms with Gasteiger partial charge in [0.15, 0.2) is 30.9 Å². The van der Waals surface area contributed by atoms with Gasteiger partial charge in [-0.05, 0) is 93.3 Å². The highest BCUT2D eigenvalue weighted by molar-refractivity contribution is 5.27. The molecule has 6 aliphatic heterocycles. The van der Waals surface area contributed by atoms with Crippen LogP contribution in [0.1, 0.15) is 99.8 Å². The molecule has 0 radical (unpaired) electrons. The smallest absolute Gasteiger partial charge is 0.187 e. The summed E-state index contributed by atoms with van der Waals surface area (Å²) in [6.07, 6.45) is -17.5. The van der Waals surface area contributed by atoms with Gasteiger partial charge in [0.2, 0.25) is 0 Å². The van der Waals surface area contributed by atoms with Crippen LogP contribution in [0.5, 0.6) is 0 Å². The number of hydrogen-bond acceptors (Lipinski definition) is 21. The van der Waals surface area contributed by atoms with Gasteiger partial charge in [-0.3, -0.25) is 0 Å². The molecule has 2 bridgehead atoms. The van der Waals surface area contributed by atoms with Crippen molar-refractivity contribution >= 4 is 0 Å². The molecule has 10 rings (SSSR count). The van der Waals surface area contributed by atoms with Crippen molar-refractivity contribution in [2.24, 2.45) is 45.3 Å². The Morgan fingerprint density at radius 3 is 1.90 bits per heavy atom. The van der Waals surface area contributed by atoms with Crippen molar-refractivity contribution in [3.05, 3.63) is 11.6 Å². The van der Waals surface area contributed by atoms with E-state index in [0.29, 0.717) is 25.9 Å². The number of hydrogen-bond donors (Lipinski definition) is 11. The molecule has 2 spiro atoms. The van der Waals surface area contributed by atoms with Crippen LogP contribution in [0.25, 0.3) is 0 Å². The van der Waals surface area contributed by atoms with E-state index in [9.17, 15) is 56.2 Å². The number of aliphatic hydroxyl groups is 11. The van der Waals surface area contributed by atoms with Gasteiger partial charge in [0.1, 0.15) is 79.4 Å². The Balaban J connectivity index is 0.910. The van der Waals surface area contributed by atoms with Crippen molar-refractivity contribution in [2.45, 2.75) is 228 Å². The second-order valence-corrected chi connectivity index (χ2v) is 24.8. The summed E-state index contributed by atoms with van der Waals surface area (Å²) < 4.78 is 64.1. The standard InChI is InChI=1S/C51H82O21/c1-22(2)14-23-15-49(7,72-42-36(60)32(56)25(54)18-63-42)41-24-8-9-30-47(5)12-11-31(46(3,4)29(47)10-13-48(30,6)50(24)20-51(41,71-23)65-21-50)68-45-40(70-43-37(61)34(58)28(17-53)67-43)39(26(55)19-64-45)69-44-38(62)35(59)33(57)27(16-52)66-44/h14,23-45,52-62H,8-13,15-21H2,1-7H3/t23-,24+,25+,26-,27+,28-,29-,30+,31-,32+,33+,34-,35-,36+,37+,38+,39-,40+,41+,42-,43-,44-,45-,47-,48+,49-,50-,51-/m0/s1. The van der Waals surface area contributed by atoms with Crippen LogP contribution < -0.4 is 0 Å². The van der Waals surface area contributed by atoms with E-state index in [2.05, 4.69) is 40.7 Å². The molecule has 21 nitrogen and oxygen atoms in total. The lowest BCUT2D eigenvalue weighted by Crippen LogP contribution is -2.68. The van der Waals surface area contributed by atoms with Crippen molar-refractivity contribution in [3.8, 4) is 0 Å². The van der Waals surface area contributed by atoms with Crippen molar-refractivity contribution in [1.29, 1.82) is 0 Å². The van der Waals surface area contributed by atoms with Crippen molar-refractivity contribution in [2.75, 3.05) is 33.0 Å². The van der Waals surface area contributed by atoms with E-state index in [-0.39, 0.29) is 59.2 Å². The maximum absolute atomic E-state index is 11.5. The van der Waals surface area contributed by atoms with Gasteiger partial charge in [-0.15, -0.1) is 0 Å². The lowest BCUT2D eigenvalue weighted by Gasteiger charge is -2.70. The highest BCUT2D eigenvalue weighted by Crippen LogP contribution is 2.80. The fraction of sp³-hybridized carbons (Fsp3) is 0.961. The topological polar surface area (TPSA) is 315 Å². The zero-order valence-electron chi connectivity index (χ0n) is 42.6. The van der Waals surface area contributed by atoms with Gasteiger partial charge in [-0.25, -0.2) is 0 Å². The Kier molecular flexibility index (Phi) is 14.6. The maximum Gasteiger partial charge on any atom is 0.187 e. The third-order valence-corrected chi connectivity index (χ3v) is 20.2. The normalized spacial score (nSPS) is 56.9. The number of fused-ring (bicyclic) bond motifs is 4. The minimum Gasteiger partial charge on any atom is -0.394 e. The van der Waals surface area contributed by atoms with Gasteiger partial charge in [0, 0.05) is 24.2 Å². The lowest BCUT2D eigenvalue weighted by atomic mass is 9.35. The summed E-state index contributed by atoms with van der Waals surface area (Å²) in [5.74, 6) is -0.585. The van der Waals surface area contributed by atoms with Gasteiger partial charge in [0.25, 0.3) is 0 Å². The minimum absolute atomic E-state index is 0.152. The average molecular weight is 1030 g/mol. The largest absolute Gasteiger partial charge is 0.394 e. The first-order valence-electron chi connectivity index (χ1n) is 26.4. The van der Waals surface area contributed by atoms with Crippen LogP contribution in [-0.4, -0.2) is 217 Å². The van der Waals surface area contributed by atoms with Gasteiger partial charge in [-0.1, -0.05) is 39.3 Å². The zero-order valence-corrected chi connectivity index (χ0v) is 42.6. The molecular weight excluding hydrogens is 949 g/mol. The molecule has 10 aliphatic rings. The maximum atomic E-state index is 11.5. The third-order valence-electron chi connectivity index (χ3n) is 20.2. The van der Waals surface area contributed by atoms with E-state index in [0.717, 1.165) is 37.7 Å². The van der Waals surface area contributed by atoms with E-state index >= 15 is 0 Å². The summed E-state index contributed by atoms with van der Waals surface area (Å²) >= 11 is 0. The molecule has 6 saturated heterocycles. The number of aliphatic hydroxyl groups excluding tert-OH is 11. The molecule has 10 fully saturated rings. The molecule has 4 aliphatic carbocycles. The van der Waals surface area contributed by atoms with Gasteiger partial charge in [-0.2, -0.15) is 0 Å². The van der Waals surface area contributed by atoms with E-state index in [4.69, 9.17) is 47.4 Å². The first kappa shape index (κ1) is 54.3. The van der Waals surface area contributed by atoms with Crippen LogP contribution >= 0.6 is 0 Å². The Morgan fingerprint density at radius 1 is 0.625 bits per heavy atom. The van der Waals surface area contributed by atoms with Crippen LogP contribution in [0, 0.1) is 45.3 Å². The molecule has 28 atom stereocenters. The third kappa shape index (κ3) is 8.36. The highest BCUT2D eigenvalue weighted by Gasteiger charge is 2.81. The molecule has 21 heteroatoms. The SMILES string of the molecule is CC(C)=C[C@H]1C[C@](C)(O[C@@H]2OC[C@@H](O)[C@@H](O)[C@H]2O)[C@H]2[C@H]3CC[C@@H]4[C@@]5(C)CC[C@H](O[C@@H]6OC[C@H](O)[C@H](O[C@@H]7O[C@H](CO)[C@@H](O)[C@H](O)[C@H]7O)[C@H]6O[C@@H]6O[C@@H](CO)[C@H](O)[C@H]6O)C(C)(C)[C@@H]5CC[C@@]4(C)[C@@]34CO[C@@]2(C4)O1. The Hall–Kier alpha value is -1.10. The quantitative estimate of drug-likeness (QED) is 0.0880. The Labute approximate surface area is 420 Å². The van der Waals surface area contributed by atoms with Gasteiger partial charge in [0.05, 0.1) is 50.8 Å². The molecular formula is C51H82O21.